The van der Waals surface area contributed by atoms with Gasteiger partial charge in [0.25, 0.3) is 10.0 Å². The first-order chi connectivity index (χ1) is 11.3. The fourth-order valence-corrected chi connectivity index (χ4v) is 3.97. The van der Waals surface area contributed by atoms with Crippen molar-refractivity contribution in [1.29, 1.82) is 0 Å². The minimum absolute atomic E-state index is 0.0623. The Kier molecular flexibility index (Phi) is 5.14. The highest BCUT2D eigenvalue weighted by Crippen LogP contribution is 2.31. The molecular formula is C17H19NO5S. The van der Waals surface area contributed by atoms with Gasteiger partial charge in [-0.15, -0.1) is 0 Å². The molecule has 0 aliphatic rings. The highest BCUT2D eigenvalue weighted by molar-refractivity contribution is 7.93. The summed E-state index contributed by atoms with van der Waals surface area (Å²) >= 11 is 0. The van der Waals surface area contributed by atoms with E-state index >= 15 is 0 Å². The van der Waals surface area contributed by atoms with Crippen molar-refractivity contribution in [3.63, 3.8) is 0 Å². The third-order valence-electron chi connectivity index (χ3n) is 3.46. The first-order valence-electron chi connectivity index (χ1n) is 7.21. The van der Waals surface area contributed by atoms with Crippen molar-refractivity contribution in [3.05, 3.63) is 53.6 Å². The molecule has 128 valence electrons. The molecule has 7 heteroatoms. The number of anilines is 1. The van der Waals surface area contributed by atoms with E-state index in [1.54, 1.807) is 37.3 Å². The molecule has 0 aliphatic carbocycles. The van der Waals surface area contributed by atoms with Crippen LogP contribution in [-0.4, -0.2) is 33.1 Å². The van der Waals surface area contributed by atoms with Crippen LogP contribution in [0.4, 0.5) is 5.69 Å². The number of methoxy groups -OCH3 is 1. The number of carboxylic acids is 1. The number of hydrogen-bond donors (Lipinski definition) is 1. The van der Waals surface area contributed by atoms with Gasteiger partial charge in [-0.2, -0.15) is 0 Å². The van der Waals surface area contributed by atoms with Gasteiger partial charge in [0.05, 0.1) is 12.8 Å². The number of carbonyl (C=O) groups is 1. The lowest BCUT2D eigenvalue weighted by Gasteiger charge is -2.24. The number of hydrogen-bond acceptors (Lipinski definition) is 4. The van der Waals surface area contributed by atoms with Crippen molar-refractivity contribution >= 4 is 21.7 Å². The summed E-state index contributed by atoms with van der Waals surface area (Å²) in [5.41, 5.74) is 1.85. The number of aryl methyl sites for hydroxylation is 2. The molecule has 6 nitrogen and oxygen atoms in total. The molecule has 0 heterocycles. The van der Waals surface area contributed by atoms with Gasteiger partial charge in [-0.05, 0) is 49.2 Å². The largest absolute Gasteiger partial charge is 0.495 e. The standard InChI is InChI=1S/C17H19NO5S/c1-12-5-4-6-14(9-12)18(11-17(19)20)24(21,22)16-10-13(2)7-8-15(16)23-3/h4-10H,11H2,1-3H3,(H,19,20). The first kappa shape index (κ1) is 17.8. The molecule has 0 spiro atoms. The van der Waals surface area contributed by atoms with E-state index < -0.39 is 22.5 Å². The highest BCUT2D eigenvalue weighted by Gasteiger charge is 2.30. The predicted octanol–water partition coefficient (Wildman–Crippen LogP) is 2.59. The fourth-order valence-electron chi connectivity index (χ4n) is 2.33. The maximum atomic E-state index is 13.1. The lowest BCUT2D eigenvalue weighted by atomic mass is 10.2. The Labute approximate surface area is 141 Å². The lowest BCUT2D eigenvalue weighted by molar-refractivity contribution is -0.135. The first-order valence-corrected chi connectivity index (χ1v) is 8.65. The van der Waals surface area contributed by atoms with Gasteiger partial charge in [0.15, 0.2) is 0 Å². The van der Waals surface area contributed by atoms with Crippen LogP contribution in [0.15, 0.2) is 47.4 Å². The van der Waals surface area contributed by atoms with Gasteiger partial charge in [-0.1, -0.05) is 18.2 Å². The minimum Gasteiger partial charge on any atom is -0.495 e. The zero-order valence-electron chi connectivity index (χ0n) is 13.7. The molecule has 0 radical (unpaired) electrons. The topological polar surface area (TPSA) is 83.9 Å². The quantitative estimate of drug-likeness (QED) is 0.866. The summed E-state index contributed by atoms with van der Waals surface area (Å²) in [5, 5.41) is 9.17. The second-order valence-electron chi connectivity index (χ2n) is 5.40. The summed E-state index contributed by atoms with van der Waals surface area (Å²) in [6, 6.07) is 11.4. The lowest BCUT2D eigenvalue weighted by Crippen LogP contribution is -2.36. The van der Waals surface area contributed by atoms with Gasteiger partial charge in [-0.3, -0.25) is 9.10 Å². The number of aliphatic carboxylic acids is 1. The SMILES string of the molecule is COc1ccc(C)cc1S(=O)(=O)N(CC(=O)O)c1cccc(C)c1. The van der Waals surface area contributed by atoms with Gasteiger partial charge in [-0.25, -0.2) is 8.42 Å². The van der Waals surface area contributed by atoms with Gasteiger partial charge in [0.1, 0.15) is 17.2 Å². The van der Waals surface area contributed by atoms with E-state index in [9.17, 15) is 13.2 Å². The maximum Gasteiger partial charge on any atom is 0.324 e. The van der Waals surface area contributed by atoms with Crippen LogP contribution < -0.4 is 9.04 Å². The molecule has 1 N–H and O–H groups in total. The minimum atomic E-state index is -4.10. The van der Waals surface area contributed by atoms with Gasteiger partial charge < -0.3 is 9.84 Å². The smallest absolute Gasteiger partial charge is 0.324 e. The third kappa shape index (κ3) is 3.68. The molecule has 24 heavy (non-hydrogen) atoms. The van der Waals surface area contributed by atoms with Crippen LogP contribution in [0.25, 0.3) is 0 Å². The van der Waals surface area contributed by atoms with Crippen molar-refractivity contribution in [1.82, 2.24) is 0 Å². The van der Waals surface area contributed by atoms with Crippen LogP contribution in [0, 0.1) is 13.8 Å². The Morgan fingerprint density at radius 3 is 2.38 bits per heavy atom. The second kappa shape index (κ2) is 6.92. The monoisotopic (exact) mass is 349 g/mol. The Bertz CT molecular complexity index is 861. The fraction of sp³-hybridized carbons (Fsp3) is 0.235. The normalized spacial score (nSPS) is 11.1. The van der Waals surface area contributed by atoms with E-state index in [-0.39, 0.29) is 10.6 Å². The second-order valence-corrected chi connectivity index (χ2v) is 7.23. The van der Waals surface area contributed by atoms with E-state index in [4.69, 9.17) is 9.84 Å². The van der Waals surface area contributed by atoms with Crippen LogP contribution in [-0.2, 0) is 14.8 Å². The van der Waals surface area contributed by atoms with Crippen molar-refractivity contribution in [3.8, 4) is 5.75 Å². The van der Waals surface area contributed by atoms with E-state index in [0.29, 0.717) is 5.69 Å². The molecule has 0 unspecified atom stereocenters. The van der Waals surface area contributed by atoms with Crippen molar-refractivity contribution in [2.24, 2.45) is 0 Å². The molecule has 0 saturated carbocycles. The molecule has 0 fully saturated rings. The molecule has 0 bridgehead atoms. The summed E-state index contributed by atoms with van der Waals surface area (Å²) in [6.07, 6.45) is 0. The number of sulfonamides is 1. The van der Waals surface area contributed by atoms with Crippen LogP contribution in [0.2, 0.25) is 0 Å². The molecule has 0 amide bonds. The number of rotatable bonds is 6. The van der Waals surface area contributed by atoms with E-state index in [0.717, 1.165) is 15.4 Å². The summed E-state index contributed by atoms with van der Waals surface area (Å²) in [4.78, 5) is 11.2. The van der Waals surface area contributed by atoms with E-state index in [2.05, 4.69) is 0 Å². The maximum absolute atomic E-state index is 13.1. The third-order valence-corrected chi connectivity index (χ3v) is 5.25. The summed E-state index contributed by atoms with van der Waals surface area (Å²) < 4.78 is 32.2. The average Bonchev–Trinajstić information content (AvgIpc) is 2.52. The average molecular weight is 349 g/mol. The van der Waals surface area contributed by atoms with Crippen molar-refractivity contribution in [2.45, 2.75) is 18.7 Å². The Morgan fingerprint density at radius 1 is 1.12 bits per heavy atom. The number of nitrogens with zero attached hydrogens (tertiary/aromatic N) is 1. The molecule has 2 rings (SSSR count). The zero-order chi connectivity index (χ0) is 17.9. The molecule has 0 atom stereocenters. The summed E-state index contributed by atoms with van der Waals surface area (Å²) in [5.74, 6) is -1.07. The van der Waals surface area contributed by atoms with Crippen molar-refractivity contribution < 1.29 is 23.1 Å². The van der Waals surface area contributed by atoms with Crippen LogP contribution in [0.5, 0.6) is 5.75 Å². The Morgan fingerprint density at radius 2 is 1.79 bits per heavy atom. The van der Waals surface area contributed by atoms with Gasteiger partial charge in [0.2, 0.25) is 0 Å². The summed E-state index contributed by atoms with van der Waals surface area (Å²) in [6.45, 7) is 2.89. The number of benzene rings is 2. The van der Waals surface area contributed by atoms with Crippen LogP contribution >= 0.6 is 0 Å². The number of ether oxygens (including phenoxy) is 1. The van der Waals surface area contributed by atoms with E-state index in [1.807, 2.05) is 13.0 Å². The highest BCUT2D eigenvalue weighted by atomic mass is 32.2. The molecule has 2 aromatic rings. The predicted molar refractivity (Wildman–Crippen MR) is 91.1 cm³/mol. The molecule has 2 aromatic carbocycles. The summed E-state index contributed by atoms with van der Waals surface area (Å²) in [7, 11) is -2.73. The zero-order valence-corrected chi connectivity index (χ0v) is 14.5. The molecular weight excluding hydrogens is 330 g/mol. The number of carboxylic acid groups (broad SMARTS) is 1. The van der Waals surface area contributed by atoms with Crippen molar-refractivity contribution in [2.75, 3.05) is 18.0 Å². The van der Waals surface area contributed by atoms with Gasteiger partial charge in [0, 0.05) is 0 Å². The van der Waals surface area contributed by atoms with E-state index in [1.165, 1.54) is 13.2 Å². The Balaban J connectivity index is 2.64. The van der Waals surface area contributed by atoms with Crippen LogP contribution in [0.1, 0.15) is 11.1 Å². The molecule has 0 saturated heterocycles. The van der Waals surface area contributed by atoms with Crippen LogP contribution in [0.3, 0.4) is 0 Å². The molecule has 0 aliphatic heterocycles. The Hall–Kier alpha value is -2.54. The van der Waals surface area contributed by atoms with Gasteiger partial charge >= 0.3 is 5.97 Å². The molecule has 0 aromatic heterocycles.